The third kappa shape index (κ3) is 4.33. The van der Waals surface area contributed by atoms with Crippen molar-refractivity contribution < 1.29 is 13.3 Å². The largest absolute Gasteiger partial charge is 0.499 e. The molecule has 0 aromatic carbocycles. The van der Waals surface area contributed by atoms with Crippen LogP contribution in [0.3, 0.4) is 0 Å². The lowest BCUT2D eigenvalue weighted by molar-refractivity contribution is 0.125. The van der Waals surface area contributed by atoms with Crippen molar-refractivity contribution in [2.45, 2.75) is 25.2 Å². The van der Waals surface area contributed by atoms with Crippen molar-refractivity contribution in [1.82, 2.24) is 4.57 Å². The van der Waals surface area contributed by atoms with Crippen LogP contribution in [0.4, 0.5) is 0 Å². The van der Waals surface area contributed by atoms with E-state index < -0.39 is 17.0 Å². The average molecular weight is 251 g/mol. The molecule has 0 N–H and O–H groups in total. The van der Waals surface area contributed by atoms with Crippen LogP contribution in [-0.4, -0.2) is 57.0 Å². The molecular weight excluding hydrogens is 226 g/mol. The second kappa shape index (κ2) is 6.12. The molecule has 4 nitrogen and oxygen atoms in total. The van der Waals surface area contributed by atoms with Gasteiger partial charge in [-0.2, -0.15) is 0 Å². The second-order valence-corrected chi connectivity index (χ2v) is 12.6. The molecule has 0 heterocycles. The monoisotopic (exact) mass is 251 g/mol. The lowest BCUT2D eigenvalue weighted by Crippen LogP contribution is -2.48. The molecule has 0 rings (SSSR count). The van der Waals surface area contributed by atoms with E-state index in [2.05, 4.69) is 31.8 Å². The van der Waals surface area contributed by atoms with E-state index >= 15 is 0 Å². The van der Waals surface area contributed by atoms with Crippen molar-refractivity contribution in [2.24, 2.45) is 0 Å². The quantitative estimate of drug-likeness (QED) is 0.644. The van der Waals surface area contributed by atoms with Crippen molar-refractivity contribution in [3.8, 4) is 0 Å². The van der Waals surface area contributed by atoms with Crippen molar-refractivity contribution in [1.29, 1.82) is 0 Å². The molecule has 0 aromatic heterocycles. The zero-order valence-corrected chi connectivity index (χ0v) is 13.1. The van der Waals surface area contributed by atoms with Gasteiger partial charge in [0.15, 0.2) is 0 Å². The predicted molar refractivity (Wildman–Crippen MR) is 67.6 cm³/mol. The van der Waals surface area contributed by atoms with Crippen LogP contribution in [0.15, 0.2) is 0 Å². The van der Waals surface area contributed by atoms with Gasteiger partial charge < -0.3 is 17.8 Å². The maximum Gasteiger partial charge on any atom is 0.499 e. The van der Waals surface area contributed by atoms with E-state index in [-0.39, 0.29) is 0 Å². The molecule has 0 saturated heterocycles. The van der Waals surface area contributed by atoms with Crippen LogP contribution in [0.2, 0.25) is 25.2 Å². The summed E-state index contributed by atoms with van der Waals surface area (Å²) in [6.07, 6.45) is 0. The first-order valence-electron chi connectivity index (χ1n) is 5.16. The number of hydrogen-bond donors (Lipinski definition) is 0. The van der Waals surface area contributed by atoms with Gasteiger partial charge in [-0.3, -0.25) is 0 Å². The molecule has 0 bridgehead atoms. The van der Waals surface area contributed by atoms with Crippen molar-refractivity contribution in [3.05, 3.63) is 0 Å². The molecule has 92 valence electrons. The Labute approximate surface area is 96.0 Å². The van der Waals surface area contributed by atoms with E-state index in [0.717, 1.165) is 12.1 Å². The zero-order chi connectivity index (χ0) is 12.1. The van der Waals surface area contributed by atoms with E-state index in [0.29, 0.717) is 0 Å². The maximum absolute atomic E-state index is 5.41. The Hall–Kier alpha value is 0.274. The van der Waals surface area contributed by atoms with Crippen LogP contribution >= 0.6 is 0 Å². The van der Waals surface area contributed by atoms with E-state index in [1.54, 1.807) is 21.3 Å². The summed E-state index contributed by atoms with van der Waals surface area (Å²) in [6.45, 7) is 4.68. The topological polar surface area (TPSA) is 30.9 Å². The summed E-state index contributed by atoms with van der Waals surface area (Å²) < 4.78 is 18.6. The van der Waals surface area contributed by atoms with Crippen LogP contribution in [0, 0.1) is 0 Å². The van der Waals surface area contributed by atoms with E-state index in [1.165, 1.54) is 0 Å². The van der Waals surface area contributed by atoms with Gasteiger partial charge in [-0.25, -0.2) is 0 Å². The lowest BCUT2D eigenvalue weighted by Gasteiger charge is -2.33. The van der Waals surface area contributed by atoms with E-state index in [1.807, 2.05) is 0 Å². The van der Waals surface area contributed by atoms with E-state index in [4.69, 9.17) is 13.3 Å². The molecular formula is C9H25NO3Si2. The summed E-state index contributed by atoms with van der Waals surface area (Å²) in [5, 5.41) is 0. The summed E-state index contributed by atoms with van der Waals surface area (Å²) >= 11 is 0. The number of rotatable bonds is 7. The van der Waals surface area contributed by atoms with Gasteiger partial charge >= 0.3 is 8.80 Å². The summed E-state index contributed by atoms with van der Waals surface area (Å²) in [4.78, 5) is 0. The van der Waals surface area contributed by atoms with Gasteiger partial charge in [0.05, 0.1) is 0 Å². The second-order valence-electron chi connectivity index (χ2n) is 4.50. The molecule has 0 fully saturated rings. The Bertz CT molecular complexity index is 176. The van der Waals surface area contributed by atoms with Crippen molar-refractivity contribution in [2.75, 3.05) is 35.4 Å². The average Bonchev–Trinajstić information content (AvgIpc) is 2.20. The Morgan fingerprint density at radius 1 is 0.867 bits per heavy atom. The van der Waals surface area contributed by atoms with Crippen LogP contribution in [0.25, 0.3) is 0 Å². The Morgan fingerprint density at radius 3 is 1.53 bits per heavy atom. The minimum Gasteiger partial charge on any atom is -0.377 e. The maximum atomic E-state index is 5.41. The summed E-state index contributed by atoms with van der Waals surface area (Å²) in [6, 6.07) is 2.02. The highest BCUT2D eigenvalue weighted by molar-refractivity contribution is 6.76. The highest BCUT2D eigenvalue weighted by Crippen LogP contribution is 2.22. The Kier molecular flexibility index (Phi) is 6.23. The van der Waals surface area contributed by atoms with E-state index in [9.17, 15) is 0 Å². The van der Waals surface area contributed by atoms with Gasteiger partial charge in [-0.05, 0) is 20.1 Å². The molecule has 0 radical (unpaired) electrons. The molecule has 0 saturated carbocycles. The van der Waals surface area contributed by atoms with Crippen LogP contribution < -0.4 is 0 Å². The minimum absolute atomic E-state index is 0.897. The first kappa shape index (κ1) is 15.3. The zero-order valence-electron chi connectivity index (χ0n) is 11.1. The standard InChI is InChI=1S/C9H25NO3Si2/c1-10(2)14(6,7)8-9-15(11-3,12-4)13-5/h8-9H2,1-7H3. The fourth-order valence-electron chi connectivity index (χ4n) is 1.24. The predicted octanol–water partition coefficient (Wildman–Crippen LogP) is 1.63. The van der Waals surface area contributed by atoms with Crippen molar-refractivity contribution in [3.63, 3.8) is 0 Å². The third-order valence-electron chi connectivity index (χ3n) is 3.19. The van der Waals surface area contributed by atoms with Gasteiger partial charge in [-0.15, -0.1) is 0 Å². The Morgan fingerprint density at radius 2 is 1.27 bits per heavy atom. The summed E-state index contributed by atoms with van der Waals surface area (Å²) in [7, 11) is 5.62. The molecule has 0 unspecified atom stereocenters. The van der Waals surface area contributed by atoms with Gasteiger partial charge in [-0.1, -0.05) is 13.1 Å². The molecule has 0 spiro atoms. The molecule has 0 aromatic rings. The fourth-order valence-corrected chi connectivity index (χ4v) is 6.47. The molecule has 6 heteroatoms. The molecule has 0 amide bonds. The minimum atomic E-state index is -2.36. The molecule has 0 aliphatic heterocycles. The Balaban J connectivity index is 4.34. The molecule has 0 atom stereocenters. The normalized spacial score (nSPS) is 13.6. The number of hydrogen-bond acceptors (Lipinski definition) is 4. The summed E-state index contributed by atoms with van der Waals surface area (Å²) in [5.74, 6) is 0. The fraction of sp³-hybridized carbons (Fsp3) is 1.00. The molecule has 0 aliphatic carbocycles. The first-order chi connectivity index (χ1) is 6.83. The smallest absolute Gasteiger partial charge is 0.377 e. The van der Waals surface area contributed by atoms with Gasteiger partial charge in [0.25, 0.3) is 0 Å². The molecule has 15 heavy (non-hydrogen) atoms. The highest BCUT2D eigenvalue weighted by atomic mass is 28.4. The summed E-state index contributed by atoms with van der Waals surface area (Å²) in [5.41, 5.74) is 0. The van der Waals surface area contributed by atoms with Gasteiger partial charge in [0.1, 0.15) is 8.24 Å². The number of nitrogens with zero attached hydrogens (tertiary/aromatic N) is 1. The lowest BCUT2D eigenvalue weighted by atomic mass is 10.9. The highest BCUT2D eigenvalue weighted by Gasteiger charge is 2.40. The van der Waals surface area contributed by atoms with Gasteiger partial charge in [0.2, 0.25) is 0 Å². The van der Waals surface area contributed by atoms with Crippen LogP contribution in [0.5, 0.6) is 0 Å². The SMILES string of the molecule is CO[Si](CC[Si](C)(C)N(C)C)(OC)OC. The van der Waals surface area contributed by atoms with Crippen LogP contribution in [0.1, 0.15) is 0 Å². The first-order valence-corrected chi connectivity index (χ1v) is 10.2. The molecule has 0 aliphatic rings. The van der Waals surface area contributed by atoms with Gasteiger partial charge in [0, 0.05) is 27.4 Å². The van der Waals surface area contributed by atoms with Crippen LogP contribution in [-0.2, 0) is 13.3 Å². The van der Waals surface area contributed by atoms with Crippen molar-refractivity contribution >= 4 is 17.0 Å². The third-order valence-corrected chi connectivity index (χ3v) is 10.3.